The van der Waals surface area contributed by atoms with Crippen LogP contribution in [0, 0.1) is 6.92 Å². The number of amides is 2. The van der Waals surface area contributed by atoms with E-state index in [1.54, 1.807) is 19.1 Å². The molecule has 0 saturated heterocycles. The van der Waals surface area contributed by atoms with Crippen LogP contribution in [-0.2, 0) is 4.84 Å². The average molecular weight is 283 g/mol. The summed E-state index contributed by atoms with van der Waals surface area (Å²) in [6, 6.07) is 6.26. The summed E-state index contributed by atoms with van der Waals surface area (Å²) < 4.78 is 0. The van der Waals surface area contributed by atoms with Crippen molar-refractivity contribution in [1.82, 2.24) is 15.0 Å². The summed E-state index contributed by atoms with van der Waals surface area (Å²) >= 11 is 0. The first-order chi connectivity index (χ1) is 10.1. The van der Waals surface area contributed by atoms with Crippen LogP contribution in [0.2, 0.25) is 0 Å². The molecule has 0 fully saturated rings. The zero-order valence-electron chi connectivity index (χ0n) is 10.9. The van der Waals surface area contributed by atoms with E-state index in [4.69, 9.17) is 4.84 Å². The molecule has 2 amide bonds. The number of aromatic nitrogens is 2. The van der Waals surface area contributed by atoms with Gasteiger partial charge in [0.15, 0.2) is 0 Å². The fourth-order valence-electron chi connectivity index (χ4n) is 1.97. The summed E-state index contributed by atoms with van der Waals surface area (Å²) in [5.41, 5.74) is 0.897. The molecule has 0 atom stereocenters. The average Bonchev–Trinajstić information content (AvgIpc) is 2.73. The van der Waals surface area contributed by atoms with Crippen LogP contribution < -0.4 is 0 Å². The van der Waals surface area contributed by atoms with Gasteiger partial charge in [0.1, 0.15) is 11.9 Å². The van der Waals surface area contributed by atoms with Gasteiger partial charge in [-0.15, -0.1) is 0 Å². The third-order valence-corrected chi connectivity index (χ3v) is 3.06. The van der Waals surface area contributed by atoms with E-state index in [1.165, 1.54) is 24.7 Å². The van der Waals surface area contributed by atoms with Gasteiger partial charge in [0.2, 0.25) is 0 Å². The molecule has 1 aromatic carbocycles. The summed E-state index contributed by atoms with van der Waals surface area (Å²) in [4.78, 5) is 48.6. The van der Waals surface area contributed by atoms with Crippen LogP contribution in [0.5, 0.6) is 0 Å². The van der Waals surface area contributed by atoms with Crippen LogP contribution >= 0.6 is 0 Å². The van der Waals surface area contributed by atoms with Gasteiger partial charge in [0.25, 0.3) is 11.8 Å². The highest BCUT2D eigenvalue weighted by Gasteiger charge is 2.39. The Bertz CT molecular complexity index is 737. The molecule has 1 aromatic heterocycles. The van der Waals surface area contributed by atoms with Crippen molar-refractivity contribution in [2.75, 3.05) is 0 Å². The summed E-state index contributed by atoms with van der Waals surface area (Å²) in [6.07, 6.45) is 2.55. The van der Waals surface area contributed by atoms with Crippen molar-refractivity contribution in [1.29, 1.82) is 0 Å². The van der Waals surface area contributed by atoms with Crippen molar-refractivity contribution >= 4 is 17.8 Å². The molecule has 1 aliphatic rings. The molecule has 3 rings (SSSR count). The van der Waals surface area contributed by atoms with Crippen molar-refractivity contribution < 1.29 is 19.2 Å². The minimum Gasteiger partial charge on any atom is -0.324 e. The lowest BCUT2D eigenvalue weighted by Gasteiger charge is -2.12. The second-order valence-electron chi connectivity index (χ2n) is 4.35. The number of imide groups is 1. The van der Waals surface area contributed by atoms with Gasteiger partial charge in [-0.2, -0.15) is 0 Å². The molecule has 0 radical (unpaired) electrons. The molecule has 0 N–H and O–H groups in total. The number of carbonyl (C=O) groups excluding carboxylic acids is 3. The molecule has 0 bridgehead atoms. The van der Waals surface area contributed by atoms with Crippen molar-refractivity contribution in [3.63, 3.8) is 0 Å². The minimum atomic E-state index is -0.859. The molecule has 104 valence electrons. The maximum absolute atomic E-state index is 12.1. The van der Waals surface area contributed by atoms with Crippen LogP contribution in [0.3, 0.4) is 0 Å². The Morgan fingerprint density at radius 2 is 1.76 bits per heavy atom. The van der Waals surface area contributed by atoms with E-state index in [2.05, 4.69) is 9.97 Å². The Kier molecular flexibility index (Phi) is 2.94. The molecule has 7 nitrogen and oxygen atoms in total. The molecule has 1 aliphatic heterocycles. The van der Waals surface area contributed by atoms with Gasteiger partial charge in [-0.3, -0.25) is 9.59 Å². The highest BCUT2D eigenvalue weighted by atomic mass is 16.7. The molecule has 7 heteroatoms. The Morgan fingerprint density at radius 3 is 2.33 bits per heavy atom. The highest BCUT2D eigenvalue weighted by molar-refractivity contribution is 6.21. The SMILES string of the molecule is Cc1ncncc1C(=O)ON1C(=O)c2ccccc2C1=O. The van der Waals surface area contributed by atoms with E-state index in [9.17, 15) is 14.4 Å². The Balaban J connectivity index is 1.88. The molecule has 0 aliphatic carbocycles. The quantitative estimate of drug-likeness (QED) is 0.768. The van der Waals surface area contributed by atoms with Gasteiger partial charge in [-0.05, 0) is 19.1 Å². The van der Waals surface area contributed by atoms with Crippen molar-refractivity contribution in [3.8, 4) is 0 Å². The first-order valence-electron chi connectivity index (χ1n) is 6.06. The Morgan fingerprint density at radius 1 is 1.14 bits per heavy atom. The number of hydroxylamine groups is 2. The van der Waals surface area contributed by atoms with Crippen LogP contribution in [0.15, 0.2) is 36.8 Å². The summed E-state index contributed by atoms with van der Waals surface area (Å²) in [7, 11) is 0. The number of hydrogen-bond acceptors (Lipinski definition) is 6. The highest BCUT2D eigenvalue weighted by Crippen LogP contribution is 2.23. The van der Waals surface area contributed by atoms with Crippen LogP contribution in [0.4, 0.5) is 0 Å². The Hall–Kier alpha value is -3.09. The lowest BCUT2D eigenvalue weighted by molar-refractivity contribution is -0.0585. The molecule has 21 heavy (non-hydrogen) atoms. The van der Waals surface area contributed by atoms with Gasteiger partial charge in [0.05, 0.1) is 16.8 Å². The maximum atomic E-state index is 12.1. The topological polar surface area (TPSA) is 89.5 Å². The summed E-state index contributed by atoms with van der Waals surface area (Å²) in [5.74, 6) is -2.19. The molecule has 2 aromatic rings. The summed E-state index contributed by atoms with van der Waals surface area (Å²) in [5, 5.41) is 0.458. The number of carbonyl (C=O) groups is 3. The first kappa shape index (κ1) is 12.9. The van der Waals surface area contributed by atoms with Crippen LogP contribution in [0.1, 0.15) is 36.8 Å². The maximum Gasteiger partial charge on any atom is 0.367 e. The van der Waals surface area contributed by atoms with Gasteiger partial charge in [-0.25, -0.2) is 14.8 Å². The molecule has 0 spiro atoms. The number of fused-ring (bicyclic) bond motifs is 1. The third-order valence-electron chi connectivity index (χ3n) is 3.06. The zero-order valence-corrected chi connectivity index (χ0v) is 10.9. The van der Waals surface area contributed by atoms with E-state index in [0.717, 1.165) is 0 Å². The number of aryl methyl sites for hydroxylation is 1. The normalized spacial score (nSPS) is 13.3. The largest absolute Gasteiger partial charge is 0.367 e. The lowest BCUT2D eigenvalue weighted by Crippen LogP contribution is -2.33. The molecule has 0 unspecified atom stereocenters. The van der Waals surface area contributed by atoms with Gasteiger partial charge < -0.3 is 4.84 Å². The third kappa shape index (κ3) is 2.04. The van der Waals surface area contributed by atoms with Crippen molar-refractivity contribution in [2.45, 2.75) is 6.92 Å². The molecule has 2 heterocycles. The standard InChI is InChI=1S/C14H9N3O4/c1-8-11(6-15-7-16-8)14(20)21-17-12(18)9-4-2-3-5-10(9)13(17)19/h2-7H,1H3. The van der Waals surface area contributed by atoms with E-state index < -0.39 is 17.8 Å². The van der Waals surface area contributed by atoms with Crippen molar-refractivity contribution in [2.24, 2.45) is 0 Å². The predicted octanol–water partition coefficient (Wildman–Crippen LogP) is 1.15. The predicted molar refractivity (Wildman–Crippen MR) is 69.1 cm³/mol. The van der Waals surface area contributed by atoms with Gasteiger partial charge in [-0.1, -0.05) is 17.2 Å². The van der Waals surface area contributed by atoms with Gasteiger partial charge in [0, 0.05) is 6.20 Å². The Labute approximate surface area is 119 Å². The second kappa shape index (κ2) is 4.78. The fourth-order valence-corrected chi connectivity index (χ4v) is 1.97. The van der Waals surface area contributed by atoms with E-state index in [1.807, 2.05) is 0 Å². The zero-order chi connectivity index (χ0) is 15.0. The van der Waals surface area contributed by atoms with E-state index in [-0.39, 0.29) is 16.7 Å². The lowest BCUT2D eigenvalue weighted by atomic mass is 10.1. The van der Waals surface area contributed by atoms with Crippen LogP contribution in [0.25, 0.3) is 0 Å². The van der Waals surface area contributed by atoms with E-state index >= 15 is 0 Å². The summed E-state index contributed by atoms with van der Waals surface area (Å²) in [6.45, 7) is 1.60. The number of hydrogen-bond donors (Lipinski definition) is 0. The minimum absolute atomic E-state index is 0.0917. The number of nitrogens with zero attached hydrogens (tertiary/aromatic N) is 3. The second-order valence-corrected chi connectivity index (χ2v) is 4.35. The molecular weight excluding hydrogens is 274 g/mol. The molecular formula is C14H9N3O4. The monoisotopic (exact) mass is 283 g/mol. The smallest absolute Gasteiger partial charge is 0.324 e. The number of benzene rings is 1. The van der Waals surface area contributed by atoms with E-state index in [0.29, 0.717) is 10.8 Å². The molecule has 0 saturated carbocycles. The number of rotatable bonds is 2. The van der Waals surface area contributed by atoms with Crippen LogP contribution in [-0.4, -0.2) is 32.8 Å². The fraction of sp³-hybridized carbons (Fsp3) is 0.0714. The first-order valence-corrected chi connectivity index (χ1v) is 6.06. The van der Waals surface area contributed by atoms with Crippen molar-refractivity contribution in [3.05, 3.63) is 59.2 Å². The van der Waals surface area contributed by atoms with Gasteiger partial charge >= 0.3 is 5.97 Å².